The molecule has 0 radical (unpaired) electrons. The Labute approximate surface area is 192 Å². The summed E-state index contributed by atoms with van der Waals surface area (Å²) in [6.07, 6.45) is 1.48. The number of aryl methyl sites for hydroxylation is 1. The Morgan fingerprint density at radius 2 is 1.94 bits per heavy atom. The molecule has 2 aromatic rings. The maximum absolute atomic E-state index is 14.0. The van der Waals surface area contributed by atoms with Crippen LogP contribution in [-0.4, -0.2) is 52.0 Å². The quantitative estimate of drug-likeness (QED) is 0.694. The van der Waals surface area contributed by atoms with Gasteiger partial charge in [0.2, 0.25) is 5.91 Å². The number of carbonyl (C=O) groups excluding carboxylic acids is 2. The summed E-state index contributed by atoms with van der Waals surface area (Å²) in [7, 11) is 4.85. The SMILES string of the molecule is COCC1(COC)C[C@@H](NC(=O)Nc2ccc3c(c2)N(C)C(=O)CC3)c2cc(F)ccc2O1. The molecule has 2 N–H and O–H groups in total. The number of carbonyl (C=O) groups is 2. The van der Waals surface area contributed by atoms with Crippen LogP contribution in [0, 0.1) is 5.82 Å². The van der Waals surface area contributed by atoms with Crippen molar-refractivity contribution in [3.05, 3.63) is 53.3 Å². The summed E-state index contributed by atoms with van der Waals surface area (Å²) in [5.41, 5.74) is 2.10. The number of rotatable bonds is 6. The van der Waals surface area contributed by atoms with Crippen LogP contribution >= 0.6 is 0 Å². The molecule has 0 aliphatic carbocycles. The number of halogens is 1. The second-order valence-electron chi connectivity index (χ2n) is 8.48. The summed E-state index contributed by atoms with van der Waals surface area (Å²) in [5.74, 6) is 0.0893. The van der Waals surface area contributed by atoms with Crippen LogP contribution in [0.2, 0.25) is 0 Å². The molecule has 1 atom stereocenters. The Morgan fingerprint density at radius 1 is 1.18 bits per heavy atom. The maximum atomic E-state index is 14.0. The third-order valence-corrected chi connectivity index (χ3v) is 6.06. The predicted octanol–water partition coefficient (Wildman–Crippen LogP) is 3.41. The van der Waals surface area contributed by atoms with Crippen molar-refractivity contribution >= 4 is 23.3 Å². The molecule has 0 unspecified atom stereocenters. The normalized spacial score (nSPS) is 18.7. The van der Waals surface area contributed by atoms with Crippen molar-refractivity contribution in [1.82, 2.24) is 5.32 Å². The molecule has 0 aromatic heterocycles. The van der Waals surface area contributed by atoms with Crippen molar-refractivity contribution in [1.29, 1.82) is 0 Å². The standard InChI is InChI=1S/C24H28FN3O5/c1-28-20-11-17(7-4-15(20)5-9-22(28)29)26-23(30)27-19-12-24(13-31-2,14-32-3)33-21-8-6-16(25)10-18(19)21/h4,6-8,10-11,19H,5,9,12-14H2,1-3H3,(H2,26,27,30)/t19-/m1/s1. The number of ether oxygens (including phenoxy) is 3. The van der Waals surface area contributed by atoms with E-state index in [2.05, 4.69) is 10.6 Å². The Hall–Kier alpha value is -3.17. The third kappa shape index (κ3) is 4.79. The van der Waals surface area contributed by atoms with Gasteiger partial charge in [-0.25, -0.2) is 9.18 Å². The molecule has 2 aromatic carbocycles. The molecule has 2 heterocycles. The topological polar surface area (TPSA) is 89.1 Å². The summed E-state index contributed by atoms with van der Waals surface area (Å²) in [4.78, 5) is 26.5. The third-order valence-electron chi connectivity index (χ3n) is 6.06. The maximum Gasteiger partial charge on any atom is 0.319 e. The van der Waals surface area contributed by atoms with Crippen molar-refractivity contribution in [3.63, 3.8) is 0 Å². The lowest BCUT2D eigenvalue weighted by molar-refractivity contribution is -0.118. The zero-order chi connectivity index (χ0) is 23.6. The van der Waals surface area contributed by atoms with Crippen LogP contribution in [0.25, 0.3) is 0 Å². The van der Waals surface area contributed by atoms with Crippen molar-refractivity contribution in [2.75, 3.05) is 44.7 Å². The molecule has 2 aliphatic heterocycles. The summed E-state index contributed by atoms with van der Waals surface area (Å²) in [5, 5.41) is 5.76. The smallest absolute Gasteiger partial charge is 0.319 e. The van der Waals surface area contributed by atoms with Crippen molar-refractivity contribution in [2.45, 2.75) is 30.9 Å². The largest absolute Gasteiger partial charge is 0.482 e. The second kappa shape index (κ2) is 9.36. The van der Waals surface area contributed by atoms with Crippen LogP contribution in [0.4, 0.5) is 20.6 Å². The van der Waals surface area contributed by atoms with E-state index in [1.54, 1.807) is 44.4 Å². The van der Waals surface area contributed by atoms with E-state index in [4.69, 9.17) is 14.2 Å². The number of anilines is 2. The average molecular weight is 458 g/mol. The fraction of sp³-hybridized carbons (Fsp3) is 0.417. The number of fused-ring (bicyclic) bond motifs is 2. The molecule has 0 spiro atoms. The number of amides is 3. The Bertz CT molecular complexity index is 1050. The molecule has 176 valence electrons. The van der Waals surface area contributed by atoms with Gasteiger partial charge in [0.1, 0.15) is 11.6 Å². The lowest BCUT2D eigenvalue weighted by Crippen LogP contribution is -2.51. The monoisotopic (exact) mass is 457 g/mol. The Morgan fingerprint density at radius 3 is 2.67 bits per heavy atom. The number of nitrogens with one attached hydrogen (secondary N) is 2. The van der Waals surface area contributed by atoms with E-state index in [9.17, 15) is 14.0 Å². The molecule has 0 bridgehead atoms. The minimum absolute atomic E-state index is 0.0394. The molecule has 8 nitrogen and oxygen atoms in total. The lowest BCUT2D eigenvalue weighted by Gasteiger charge is -2.41. The van der Waals surface area contributed by atoms with Gasteiger partial charge >= 0.3 is 6.03 Å². The highest BCUT2D eigenvalue weighted by Crippen LogP contribution is 2.40. The van der Waals surface area contributed by atoms with Crippen molar-refractivity contribution in [3.8, 4) is 5.75 Å². The number of benzene rings is 2. The van der Waals surface area contributed by atoms with E-state index in [0.717, 1.165) is 11.3 Å². The van der Waals surface area contributed by atoms with Crippen LogP contribution in [0.5, 0.6) is 5.75 Å². The van der Waals surface area contributed by atoms with E-state index >= 15 is 0 Å². The number of urea groups is 1. The average Bonchev–Trinajstić information content (AvgIpc) is 2.77. The first-order chi connectivity index (χ1) is 15.8. The lowest BCUT2D eigenvalue weighted by atomic mass is 9.88. The van der Waals surface area contributed by atoms with E-state index < -0.39 is 23.5 Å². The van der Waals surface area contributed by atoms with Crippen LogP contribution in [-0.2, 0) is 20.7 Å². The molecule has 0 saturated heterocycles. The van der Waals surface area contributed by atoms with Crippen LogP contribution in [0.15, 0.2) is 36.4 Å². The van der Waals surface area contributed by atoms with Crippen molar-refractivity contribution in [2.24, 2.45) is 0 Å². The van der Waals surface area contributed by atoms with E-state index in [1.807, 2.05) is 6.07 Å². The number of hydrogen-bond donors (Lipinski definition) is 2. The van der Waals surface area contributed by atoms with Gasteiger partial charge in [0.05, 0.1) is 19.3 Å². The van der Waals surface area contributed by atoms with E-state index in [1.165, 1.54) is 12.1 Å². The fourth-order valence-corrected chi connectivity index (χ4v) is 4.55. The zero-order valence-electron chi connectivity index (χ0n) is 18.9. The first-order valence-electron chi connectivity index (χ1n) is 10.8. The van der Waals surface area contributed by atoms with Gasteiger partial charge in [-0.05, 0) is 42.3 Å². The summed E-state index contributed by atoms with van der Waals surface area (Å²) in [6, 6.07) is 8.74. The number of hydrogen-bond acceptors (Lipinski definition) is 5. The van der Waals surface area contributed by atoms with Gasteiger partial charge in [0.25, 0.3) is 0 Å². The highest BCUT2D eigenvalue weighted by Gasteiger charge is 2.42. The fourth-order valence-electron chi connectivity index (χ4n) is 4.55. The Kier molecular flexibility index (Phi) is 6.53. The molecule has 4 rings (SSSR count). The molecule has 0 fully saturated rings. The van der Waals surface area contributed by atoms with Gasteiger partial charge in [-0.15, -0.1) is 0 Å². The summed E-state index contributed by atoms with van der Waals surface area (Å²) >= 11 is 0. The van der Waals surface area contributed by atoms with Gasteiger partial charge in [-0.1, -0.05) is 6.07 Å². The molecule has 0 saturated carbocycles. The predicted molar refractivity (Wildman–Crippen MR) is 121 cm³/mol. The summed E-state index contributed by atoms with van der Waals surface area (Å²) in [6.45, 7) is 0.477. The van der Waals surface area contributed by atoms with Gasteiger partial charge in [-0.2, -0.15) is 0 Å². The molecule has 3 amide bonds. The molecule has 33 heavy (non-hydrogen) atoms. The van der Waals surface area contributed by atoms with Gasteiger partial charge < -0.3 is 29.7 Å². The second-order valence-corrected chi connectivity index (χ2v) is 8.48. The molecular formula is C24H28FN3O5. The number of methoxy groups -OCH3 is 2. The summed E-state index contributed by atoms with van der Waals surface area (Å²) < 4.78 is 30.9. The van der Waals surface area contributed by atoms with Crippen LogP contribution < -0.4 is 20.3 Å². The zero-order valence-corrected chi connectivity index (χ0v) is 18.9. The van der Waals surface area contributed by atoms with Gasteiger partial charge in [0.15, 0.2) is 5.60 Å². The van der Waals surface area contributed by atoms with Gasteiger partial charge in [-0.3, -0.25) is 4.79 Å². The minimum Gasteiger partial charge on any atom is -0.482 e. The van der Waals surface area contributed by atoms with E-state index in [0.29, 0.717) is 36.3 Å². The molecular weight excluding hydrogens is 429 g/mol. The Balaban J connectivity index is 1.55. The highest BCUT2D eigenvalue weighted by molar-refractivity contribution is 5.97. The van der Waals surface area contributed by atoms with Crippen LogP contribution in [0.1, 0.15) is 30.0 Å². The first kappa shape index (κ1) is 23.0. The molecule has 9 heteroatoms. The van der Waals surface area contributed by atoms with Gasteiger partial charge in [0, 0.05) is 51.0 Å². The van der Waals surface area contributed by atoms with Crippen LogP contribution in [0.3, 0.4) is 0 Å². The molecule has 2 aliphatic rings. The highest BCUT2D eigenvalue weighted by atomic mass is 19.1. The van der Waals surface area contributed by atoms with E-state index in [-0.39, 0.29) is 19.1 Å². The first-order valence-corrected chi connectivity index (χ1v) is 10.8. The minimum atomic E-state index is -0.832. The van der Waals surface area contributed by atoms with Crippen molar-refractivity contribution < 1.29 is 28.2 Å². The number of nitrogens with zero attached hydrogens (tertiary/aromatic N) is 1.